The number of rotatable bonds is 3. The lowest BCUT2D eigenvalue weighted by molar-refractivity contribution is 1.37. The summed E-state index contributed by atoms with van der Waals surface area (Å²) < 4.78 is 0.948. The fourth-order valence-electron chi connectivity index (χ4n) is 2.04. The largest absolute Gasteiger partial charge is 0.0889 e. The van der Waals surface area contributed by atoms with Gasteiger partial charge in [0.2, 0.25) is 0 Å². The summed E-state index contributed by atoms with van der Waals surface area (Å²) in [6.45, 7) is 0. The van der Waals surface area contributed by atoms with E-state index in [-0.39, 0.29) is 0 Å². The standard InChI is InChI=1S/C18H12BrClS/c19-18-16(20)7-4-8-17(18)21-15-11-9-14(10-12-15)13-5-2-1-3-6-13/h1-12H. The highest BCUT2D eigenvalue weighted by atomic mass is 79.9. The van der Waals surface area contributed by atoms with Gasteiger partial charge < -0.3 is 0 Å². The van der Waals surface area contributed by atoms with E-state index in [1.165, 1.54) is 16.0 Å². The third-order valence-corrected chi connectivity index (χ3v) is 5.83. The normalized spacial score (nSPS) is 10.6. The van der Waals surface area contributed by atoms with Gasteiger partial charge in [-0.15, -0.1) is 0 Å². The second-order valence-electron chi connectivity index (χ2n) is 4.54. The van der Waals surface area contributed by atoms with Crippen LogP contribution in [0.2, 0.25) is 5.02 Å². The van der Waals surface area contributed by atoms with E-state index in [9.17, 15) is 0 Å². The highest BCUT2D eigenvalue weighted by molar-refractivity contribution is 9.10. The van der Waals surface area contributed by atoms with E-state index in [4.69, 9.17) is 11.6 Å². The molecule has 21 heavy (non-hydrogen) atoms. The quantitative estimate of drug-likeness (QED) is 0.478. The van der Waals surface area contributed by atoms with Gasteiger partial charge in [-0.25, -0.2) is 0 Å². The van der Waals surface area contributed by atoms with E-state index >= 15 is 0 Å². The van der Waals surface area contributed by atoms with Gasteiger partial charge in [-0.3, -0.25) is 0 Å². The molecule has 3 heteroatoms. The molecule has 3 aromatic rings. The van der Waals surface area contributed by atoms with Crippen LogP contribution in [0.15, 0.2) is 87.1 Å². The van der Waals surface area contributed by atoms with Gasteiger partial charge in [0, 0.05) is 9.79 Å². The van der Waals surface area contributed by atoms with Crippen molar-refractivity contribution in [2.75, 3.05) is 0 Å². The van der Waals surface area contributed by atoms with Gasteiger partial charge in [0.05, 0.1) is 9.50 Å². The summed E-state index contributed by atoms with van der Waals surface area (Å²) in [6.07, 6.45) is 0. The molecule has 0 aliphatic carbocycles. The van der Waals surface area contributed by atoms with Crippen LogP contribution in [0, 0.1) is 0 Å². The highest BCUT2D eigenvalue weighted by Crippen LogP contribution is 2.37. The number of hydrogen-bond acceptors (Lipinski definition) is 1. The number of halogens is 2. The third kappa shape index (κ3) is 3.52. The first kappa shape index (κ1) is 14.7. The smallest absolute Gasteiger partial charge is 0.0559 e. The molecule has 0 amide bonds. The summed E-state index contributed by atoms with van der Waals surface area (Å²) in [4.78, 5) is 2.31. The SMILES string of the molecule is Clc1cccc(Sc2ccc(-c3ccccc3)cc2)c1Br. The van der Waals surface area contributed by atoms with Gasteiger partial charge in [0.25, 0.3) is 0 Å². The van der Waals surface area contributed by atoms with Crippen LogP contribution in [0.25, 0.3) is 11.1 Å². The first-order chi connectivity index (χ1) is 10.2. The van der Waals surface area contributed by atoms with Gasteiger partial charge in [-0.05, 0) is 51.3 Å². The predicted molar refractivity (Wildman–Crippen MR) is 95.2 cm³/mol. The van der Waals surface area contributed by atoms with Gasteiger partial charge in [0.15, 0.2) is 0 Å². The zero-order valence-corrected chi connectivity index (χ0v) is 14.3. The molecule has 0 atom stereocenters. The van der Waals surface area contributed by atoms with Crippen LogP contribution < -0.4 is 0 Å². The topological polar surface area (TPSA) is 0 Å². The Morgan fingerprint density at radius 3 is 2.10 bits per heavy atom. The molecule has 0 fully saturated rings. The molecule has 0 bridgehead atoms. The third-order valence-electron chi connectivity index (χ3n) is 3.11. The summed E-state index contributed by atoms with van der Waals surface area (Å²) >= 11 is 11.4. The zero-order chi connectivity index (χ0) is 14.7. The molecule has 3 aromatic carbocycles. The van der Waals surface area contributed by atoms with Crippen LogP contribution in [0.4, 0.5) is 0 Å². The Balaban J connectivity index is 1.83. The minimum Gasteiger partial charge on any atom is -0.0889 e. The Morgan fingerprint density at radius 2 is 1.38 bits per heavy atom. The van der Waals surface area contributed by atoms with Crippen molar-refractivity contribution in [3.05, 3.63) is 82.3 Å². The van der Waals surface area contributed by atoms with Crippen molar-refractivity contribution in [2.45, 2.75) is 9.79 Å². The molecule has 0 heterocycles. The lowest BCUT2D eigenvalue weighted by atomic mass is 10.1. The van der Waals surface area contributed by atoms with E-state index in [2.05, 4.69) is 70.5 Å². The molecule has 0 spiro atoms. The van der Waals surface area contributed by atoms with E-state index in [1.807, 2.05) is 18.2 Å². The maximum atomic E-state index is 6.13. The van der Waals surface area contributed by atoms with Crippen molar-refractivity contribution >= 4 is 39.3 Å². The lowest BCUT2D eigenvalue weighted by Gasteiger charge is -2.07. The van der Waals surface area contributed by atoms with Crippen molar-refractivity contribution in [3.8, 4) is 11.1 Å². The van der Waals surface area contributed by atoms with Crippen LogP contribution in [-0.2, 0) is 0 Å². The van der Waals surface area contributed by atoms with Crippen molar-refractivity contribution in [2.24, 2.45) is 0 Å². The summed E-state index contributed by atoms with van der Waals surface area (Å²) in [5, 5.41) is 0.737. The average molecular weight is 376 g/mol. The second kappa shape index (κ2) is 6.69. The minimum atomic E-state index is 0.737. The van der Waals surface area contributed by atoms with E-state index in [0.29, 0.717) is 0 Å². The average Bonchev–Trinajstić information content (AvgIpc) is 2.53. The highest BCUT2D eigenvalue weighted by Gasteiger charge is 2.06. The summed E-state index contributed by atoms with van der Waals surface area (Å²) in [7, 11) is 0. The molecule has 0 aliphatic heterocycles. The molecule has 0 saturated carbocycles. The minimum absolute atomic E-state index is 0.737. The molecule has 104 valence electrons. The molecular formula is C18H12BrClS. The monoisotopic (exact) mass is 374 g/mol. The molecule has 0 aromatic heterocycles. The first-order valence-electron chi connectivity index (χ1n) is 6.51. The van der Waals surface area contributed by atoms with Crippen molar-refractivity contribution in [1.29, 1.82) is 0 Å². The van der Waals surface area contributed by atoms with Crippen LogP contribution in [0.1, 0.15) is 0 Å². The van der Waals surface area contributed by atoms with Crippen molar-refractivity contribution in [3.63, 3.8) is 0 Å². The van der Waals surface area contributed by atoms with Gasteiger partial charge in [-0.2, -0.15) is 0 Å². The van der Waals surface area contributed by atoms with Crippen LogP contribution >= 0.6 is 39.3 Å². The summed E-state index contributed by atoms with van der Waals surface area (Å²) in [5.74, 6) is 0. The maximum Gasteiger partial charge on any atom is 0.0559 e. The summed E-state index contributed by atoms with van der Waals surface area (Å²) in [5.41, 5.74) is 2.46. The van der Waals surface area contributed by atoms with Gasteiger partial charge in [-0.1, -0.05) is 71.9 Å². The Bertz CT molecular complexity index is 739. The Labute approximate surface area is 142 Å². The second-order valence-corrected chi connectivity index (χ2v) is 6.86. The maximum absolute atomic E-state index is 6.13. The first-order valence-corrected chi connectivity index (χ1v) is 8.50. The Hall–Kier alpha value is -1.22. The van der Waals surface area contributed by atoms with Crippen molar-refractivity contribution < 1.29 is 0 Å². The molecule has 0 nitrogen and oxygen atoms in total. The Morgan fingerprint density at radius 1 is 0.714 bits per heavy atom. The molecule has 0 unspecified atom stereocenters. The Kier molecular flexibility index (Phi) is 4.69. The molecular weight excluding hydrogens is 364 g/mol. The molecule has 0 radical (unpaired) electrons. The fraction of sp³-hybridized carbons (Fsp3) is 0. The van der Waals surface area contributed by atoms with E-state index in [0.717, 1.165) is 14.4 Å². The van der Waals surface area contributed by atoms with Gasteiger partial charge >= 0.3 is 0 Å². The fourth-order valence-corrected chi connectivity index (χ4v) is 3.65. The van der Waals surface area contributed by atoms with Crippen LogP contribution in [-0.4, -0.2) is 0 Å². The number of hydrogen-bond donors (Lipinski definition) is 0. The molecule has 3 rings (SSSR count). The predicted octanol–water partition coefficient (Wildman–Crippen LogP) is 6.92. The zero-order valence-electron chi connectivity index (χ0n) is 11.1. The van der Waals surface area contributed by atoms with Crippen LogP contribution in [0.5, 0.6) is 0 Å². The molecule has 0 N–H and O–H groups in total. The lowest BCUT2D eigenvalue weighted by Crippen LogP contribution is -1.79. The van der Waals surface area contributed by atoms with E-state index in [1.54, 1.807) is 11.8 Å². The summed E-state index contributed by atoms with van der Waals surface area (Å²) in [6, 6.07) is 24.9. The van der Waals surface area contributed by atoms with Gasteiger partial charge in [0.1, 0.15) is 0 Å². The molecule has 0 saturated heterocycles. The number of benzene rings is 3. The van der Waals surface area contributed by atoms with Crippen molar-refractivity contribution in [1.82, 2.24) is 0 Å². The van der Waals surface area contributed by atoms with E-state index < -0.39 is 0 Å². The molecule has 0 aliphatic rings. The van der Waals surface area contributed by atoms with Crippen LogP contribution in [0.3, 0.4) is 0 Å².